The van der Waals surface area contributed by atoms with Crippen molar-refractivity contribution < 1.29 is 19.0 Å². The second kappa shape index (κ2) is 10.7. The van der Waals surface area contributed by atoms with Gasteiger partial charge in [0.25, 0.3) is 5.91 Å². The van der Waals surface area contributed by atoms with Crippen LogP contribution in [0.1, 0.15) is 30.5 Å². The molecule has 1 amide bonds. The number of amides is 1. The fourth-order valence-electron chi connectivity index (χ4n) is 4.22. The molecule has 174 valence electrons. The van der Waals surface area contributed by atoms with Gasteiger partial charge in [0.15, 0.2) is 11.5 Å². The van der Waals surface area contributed by atoms with E-state index in [0.29, 0.717) is 50.9 Å². The molecule has 4 rings (SSSR count). The maximum absolute atomic E-state index is 13.5. The molecule has 0 bridgehead atoms. The van der Waals surface area contributed by atoms with Crippen LogP contribution in [0.4, 0.5) is 0 Å². The van der Waals surface area contributed by atoms with Crippen molar-refractivity contribution in [1.29, 1.82) is 5.26 Å². The lowest BCUT2D eigenvalue weighted by molar-refractivity contribution is -0.151. The maximum Gasteiger partial charge on any atom is 0.253 e. The average molecular weight is 450 g/mol. The van der Waals surface area contributed by atoms with Gasteiger partial charge in [-0.25, -0.2) is 0 Å². The van der Waals surface area contributed by atoms with Gasteiger partial charge in [-0.1, -0.05) is 32.0 Å². The van der Waals surface area contributed by atoms with Gasteiger partial charge in [0.2, 0.25) is 0 Å². The number of morpholine rings is 1. The monoisotopic (exact) mass is 449 g/mol. The third-order valence-electron chi connectivity index (χ3n) is 5.79. The first kappa shape index (κ1) is 23.1. The molecule has 2 aromatic rings. The molecule has 1 atom stereocenters. The van der Waals surface area contributed by atoms with Crippen molar-refractivity contribution in [3.63, 3.8) is 0 Å². The van der Waals surface area contributed by atoms with E-state index in [0.717, 1.165) is 35.7 Å². The second-order valence-electron chi connectivity index (χ2n) is 8.99. The van der Waals surface area contributed by atoms with Gasteiger partial charge < -0.3 is 19.1 Å². The van der Waals surface area contributed by atoms with E-state index in [1.807, 2.05) is 47.4 Å². The van der Waals surface area contributed by atoms with E-state index in [9.17, 15) is 4.79 Å². The van der Waals surface area contributed by atoms with Gasteiger partial charge in [-0.05, 0) is 41.3 Å². The molecule has 1 unspecified atom stereocenters. The molecule has 7 heteroatoms. The summed E-state index contributed by atoms with van der Waals surface area (Å²) in [4.78, 5) is 17.6. The zero-order valence-electron chi connectivity index (χ0n) is 19.3. The summed E-state index contributed by atoms with van der Waals surface area (Å²) >= 11 is 0. The van der Waals surface area contributed by atoms with E-state index in [2.05, 4.69) is 24.8 Å². The van der Waals surface area contributed by atoms with E-state index >= 15 is 0 Å². The molecule has 2 aliphatic rings. The lowest BCUT2D eigenvalue weighted by atomic mass is 10.1. The molecular weight excluding hydrogens is 418 g/mol. The van der Waals surface area contributed by atoms with Crippen LogP contribution in [-0.2, 0) is 22.6 Å². The number of fused-ring (bicyclic) bond motifs is 1. The number of nitrogens with zero attached hydrogens (tertiary/aromatic N) is 3. The summed E-state index contributed by atoms with van der Waals surface area (Å²) in [6.07, 6.45) is -0.493. The number of benzene rings is 2. The molecule has 33 heavy (non-hydrogen) atoms. The summed E-state index contributed by atoms with van der Waals surface area (Å²) in [7, 11) is 0. The first-order valence-electron chi connectivity index (χ1n) is 11.5. The van der Waals surface area contributed by atoms with E-state index in [1.54, 1.807) is 0 Å². The van der Waals surface area contributed by atoms with Crippen LogP contribution in [0, 0.1) is 17.2 Å². The fourth-order valence-corrected chi connectivity index (χ4v) is 4.22. The minimum absolute atomic E-state index is 0.0168. The van der Waals surface area contributed by atoms with E-state index in [4.69, 9.17) is 19.5 Å². The Morgan fingerprint density at radius 1 is 1.09 bits per heavy atom. The summed E-state index contributed by atoms with van der Waals surface area (Å²) in [5.74, 6) is 1.84. The summed E-state index contributed by atoms with van der Waals surface area (Å²) in [6, 6.07) is 15.6. The predicted octanol–water partition coefficient (Wildman–Crippen LogP) is 3.22. The van der Waals surface area contributed by atoms with Gasteiger partial charge >= 0.3 is 0 Å². The molecule has 7 nitrogen and oxygen atoms in total. The molecule has 0 radical (unpaired) electrons. The van der Waals surface area contributed by atoms with Crippen LogP contribution in [0.5, 0.6) is 11.5 Å². The second-order valence-corrected chi connectivity index (χ2v) is 8.99. The highest BCUT2D eigenvalue weighted by Crippen LogP contribution is 2.31. The number of carbonyl (C=O) groups excluding carboxylic acids is 1. The van der Waals surface area contributed by atoms with Gasteiger partial charge in [0.05, 0.1) is 18.2 Å². The Kier molecular flexibility index (Phi) is 7.48. The van der Waals surface area contributed by atoms with Crippen molar-refractivity contribution in [1.82, 2.24) is 9.80 Å². The highest BCUT2D eigenvalue weighted by Gasteiger charge is 2.31. The van der Waals surface area contributed by atoms with Crippen LogP contribution in [0.25, 0.3) is 0 Å². The summed E-state index contributed by atoms with van der Waals surface area (Å²) < 4.78 is 17.2. The minimum Gasteiger partial charge on any atom is -0.486 e. The molecule has 1 saturated heterocycles. The molecule has 0 N–H and O–H groups in total. The van der Waals surface area contributed by atoms with Gasteiger partial charge in [0.1, 0.15) is 19.3 Å². The van der Waals surface area contributed by atoms with Gasteiger partial charge in [0, 0.05) is 32.7 Å². The Bertz CT molecular complexity index is 1000. The first-order valence-corrected chi connectivity index (χ1v) is 11.5. The van der Waals surface area contributed by atoms with Crippen LogP contribution in [0.2, 0.25) is 0 Å². The lowest BCUT2D eigenvalue weighted by Crippen LogP contribution is -2.51. The van der Waals surface area contributed by atoms with Gasteiger partial charge in [-0.2, -0.15) is 5.26 Å². The Morgan fingerprint density at radius 3 is 2.55 bits per heavy atom. The van der Waals surface area contributed by atoms with Crippen molar-refractivity contribution >= 4 is 5.91 Å². The molecule has 2 aromatic carbocycles. The van der Waals surface area contributed by atoms with E-state index in [1.165, 1.54) is 0 Å². The van der Waals surface area contributed by atoms with Crippen LogP contribution in [0.3, 0.4) is 0 Å². The van der Waals surface area contributed by atoms with Crippen molar-refractivity contribution in [2.45, 2.75) is 33.0 Å². The number of nitriles is 1. The number of carbonyl (C=O) groups is 1. The van der Waals surface area contributed by atoms with Crippen LogP contribution >= 0.6 is 0 Å². The molecule has 0 aromatic heterocycles. The minimum atomic E-state index is -0.493. The summed E-state index contributed by atoms with van der Waals surface area (Å²) in [6.45, 7) is 9.05. The fraction of sp³-hybridized carbons (Fsp3) is 0.462. The standard InChI is InChI=1S/C26H31N3O4/c1-19(2)15-29(17-22-7-8-23-24(13-22)33-12-11-32-23)26(30)25-18-28(9-10-31-25)16-21-5-3-20(14-27)4-6-21/h3-8,13,19,25H,9-12,15-18H2,1-2H3. The summed E-state index contributed by atoms with van der Waals surface area (Å²) in [5.41, 5.74) is 2.79. The quantitative estimate of drug-likeness (QED) is 0.646. The van der Waals surface area contributed by atoms with Gasteiger partial charge in [-0.15, -0.1) is 0 Å². The van der Waals surface area contributed by atoms with Crippen LogP contribution in [0.15, 0.2) is 42.5 Å². The molecule has 0 aliphatic carbocycles. The largest absolute Gasteiger partial charge is 0.486 e. The van der Waals surface area contributed by atoms with Crippen molar-refractivity contribution in [2.24, 2.45) is 5.92 Å². The number of hydrogen-bond acceptors (Lipinski definition) is 6. The van der Waals surface area contributed by atoms with E-state index in [-0.39, 0.29) is 5.91 Å². The normalized spacial score (nSPS) is 18.1. The number of hydrogen-bond donors (Lipinski definition) is 0. The lowest BCUT2D eigenvalue weighted by Gasteiger charge is -2.35. The molecule has 0 saturated carbocycles. The predicted molar refractivity (Wildman–Crippen MR) is 124 cm³/mol. The van der Waals surface area contributed by atoms with Gasteiger partial charge in [-0.3, -0.25) is 9.69 Å². The molecular formula is C26H31N3O4. The summed E-state index contributed by atoms with van der Waals surface area (Å²) in [5, 5.41) is 8.99. The maximum atomic E-state index is 13.5. The number of rotatable bonds is 7. The molecule has 2 heterocycles. The average Bonchev–Trinajstić information content (AvgIpc) is 2.83. The van der Waals surface area contributed by atoms with Crippen LogP contribution in [-0.4, -0.2) is 61.3 Å². The highest BCUT2D eigenvalue weighted by molar-refractivity contribution is 5.81. The highest BCUT2D eigenvalue weighted by atomic mass is 16.6. The Hall–Kier alpha value is -3.08. The smallest absolute Gasteiger partial charge is 0.253 e. The van der Waals surface area contributed by atoms with Crippen LogP contribution < -0.4 is 9.47 Å². The van der Waals surface area contributed by atoms with Crippen molar-refractivity contribution in [2.75, 3.05) is 39.5 Å². The number of ether oxygens (including phenoxy) is 3. The zero-order valence-corrected chi connectivity index (χ0v) is 19.3. The topological polar surface area (TPSA) is 75.0 Å². The van der Waals surface area contributed by atoms with E-state index < -0.39 is 6.10 Å². The zero-order chi connectivity index (χ0) is 23.2. The molecule has 0 spiro atoms. The van der Waals surface area contributed by atoms with Crippen molar-refractivity contribution in [3.8, 4) is 17.6 Å². The Labute approximate surface area is 195 Å². The Morgan fingerprint density at radius 2 is 1.82 bits per heavy atom. The Balaban J connectivity index is 1.42. The SMILES string of the molecule is CC(C)CN(Cc1ccc2c(c1)OCCO2)C(=O)C1CN(Cc2ccc(C#N)cc2)CCO1. The molecule has 2 aliphatic heterocycles. The first-order chi connectivity index (χ1) is 16.0. The third-order valence-corrected chi connectivity index (χ3v) is 5.79. The third kappa shape index (κ3) is 6.04. The van der Waals surface area contributed by atoms with Crippen molar-refractivity contribution in [3.05, 3.63) is 59.2 Å². The molecule has 1 fully saturated rings.